The Balaban J connectivity index is 0.00000200. The van der Waals surface area contributed by atoms with Gasteiger partial charge in [-0.2, -0.15) is 0 Å². The molecular weight excluding hydrogens is 274 g/mol. The van der Waals surface area contributed by atoms with Gasteiger partial charge in [0.15, 0.2) is 0 Å². The van der Waals surface area contributed by atoms with E-state index < -0.39 is 0 Å². The fourth-order valence-corrected chi connectivity index (χ4v) is 3.28. The fraction of sp³-hybridized carbons (Fsp3) is 0.933. The van der Waals surface area contributed by atoms with E-state index in [2.05, 4.69) is 4.90 Å². The summed E-state index contributed by atoms with van der Waals surface area (Å²) in [6, 6.07) is 0.339. The number of carbonyl (C=O) groups excluding carboxylic acids is 1. The average molecular weight is 304 g/mol. The molecule has 1 saturated carbocycles. The SMILES string of the molecule is CN(CC1CCCCC1)C(=O)CN1CCC(N)CC1.Cl. The largest absolute Gasteiger partial charge is 0.344 e. The van der Waals surface area contributed by atoms with Crippen LogP contribution < -0.4 is 5.73 Å². The van der Waals surface area contributed by atoms with Crippen LogP contribution in [0.3, 0.4) is 0 Å². The van der Waals surface area contributed by atoms with Crippen molar-refractivity contribution in [1.82, 2.24) is 9.80 Å². The molecule has 1 saturated heterocycles. The minimum atomic E-state index is 0. The highest BCUT2D eigenvalue weighted by molar-refractivity contribution is 5.85. The molecular formula is C15H30ClN3O. The summed E-state index contributed by atoms with van der Waals surface area (Å²) in [4.78, 5) is 16.4. The maximum absolute atomic E-state index is 12.2. The standard InChI is InChI=1S/C15H29N3O.ClH/c1-17(11-13-5-3-2-4-6-13)15(19)12-18-9-7-14(16)8-10-18;/h13-14H,2-12,16H2,1H3;1H. The number of likely N-dealkylation sites (tertiary alicyclic amines) is 1. The Labute approximate surface area is 129 Å². The first kappa shape index (κ1) is 17.7. The predicted octanol–water partition coefficient (Wildman–Crippen LogP) is 1.87. The Morgan fingerprint density at radius 3 is 2.35 bits per heavy atom. The monoisotopic (exact) mass is 303 g/mol. The zero-order valence-corrected chi connectivity index (χ0v) is 13.5. The molecule has 20 heavy (non-hydrogen) atoms. The van der Waals surface area contributed by atoms with E-state index in [1.807, 2.05) is 11.9 Å². The second kappa shape index (κ2) is 8.85. The van der Waals surface area contributed by atoms with Gasteiger partial charge in [-0.15, -0.1) is 12.4 Å². The number of carbonyl (C=O) groups is 1. The molecule has 0 aromatic carbocycles. The molecule has 1 aliphatic heterocycles. The predicted molar refractivity (Wildman–Crippen MR) is 85.1 cm³/mol. The highest BCUT2D eigenvalue weighted by atomic mass is 35.5. The molecule has 4 nitrogen and oxygen atoms in total. The molecule has 0 aromatic heterocycles. The molecule has 0 spiro atoms. The van der Waals surface area contributed by atoms with Gasteiger partial charge >= 0.3 is 0 Å². The first-order valence-corrected chi connectivity index (χ1v) is 7.87. The van der Waals surface area contributed by atoms with Gasteiger partial charge in [0.2, 0.25) is 5.91 Å². The Morgan fingerprint density at radius 1 is 1.15 bits per heavy atom. The lowest BCUT2D eigenvalue weighted by molar-refractivity contribution is -0.132. The maximum atomic E-state index is 12.2. The number of hydrogen-bond donors (Lipinski definition) is 1. The highest BCUT2D eigenvalue weighted by Gasteiger charge is 2.22. The summed E-state index contributed by atoms with van der Waals surface area (Å²) in [5, 5.41) is 0. The lowest BCUT2D eigenvalue weighted by Gasteiger charge is -2.32. The van der Waals surface area contributed by atoms with Crippen molar-refractivity contribution in [3.8, 4) is 0 Å². The van der Waals surface area contributed by atoms with Crippen LogP contribution in [0.2, 0.25) is 0 Å². The fourth-order valence-electron chi connectivity index (χ4n) is 3.28. The zero-order chi connectivity index (χ0) is 13.7. The summed E-state index contributed by atoms with van der Waals surface area (Å²) >= 11 is 0. The van der Waals surface area contributed by atoms with E-state index in [9.17, 15) is 4.79 Å². The number of rotatable bonds is 4. The van der Waals surface area contributed by atoms with E-state index in [4.69, 9.17) is 5.73 Å². The topological polar surface area (TPSA) is 49.6 Å². The van der Waals surface area contributed by atoms with E-state index in [-0.39, 0.29) is 18.3 Å². The van der Waals surface area contributed by atoms with Crippen molar-refractivity contribution >= 4 is 18.3 Å². The van der Waals surface area contributed by atoms with E-state index >= 15 is 0 Å². The van der Waals surface area contributed by atoms with Crippen molar-refractivity contribution in [3.05, 3.63) is 0 Å². The number of nitrogens with two attached hydrogens (primary N) is 1. The van der Waals surface area contributed by atoms with Crippen molar-refractivity contribution in [2.75, 3.05) is 33.2 Å². The third-order valence-electron chi connectivity index (χ3n) is 4.67. The van der Waals surface area contributed by atoms with Gasteiger partial charge in [0.1, 0.15) is 0 Å². The van der Waals surface area contributed by atoms with Gasteiger partial charge in [-0.1, -0.05) is 19.3 Å². The molecule has 118 valence electrons. The quantitative estimate of drug-likeness (QED) is 0.862. The number of piperidine rings is 1. The second-order valence-corrected chi connectivity index (χ2v) is 6.39. The van der Waals surface area contributed by atoms with E-state index in [0.717, 1.165) is 38.4 Å². The summed E-state index contributed by atoms with van der Waals surface area (Å²) in [7, 11) is 1.96. The maximum Gasteiger partial charge on any atom is 0.236 e. The zero-order valence-electron chi connectivity index (χ0n) is 12.7. The van der Waals surface area contributed by atoms with Gasteiger partial charge in [0.25, 0.3) is 0 Å². The third-order valence-corrected chi connectivity index (χ3v) is 4.67. The molecule has 0 unspecified atom stereocenters. The van der Waals surface area contributed by atoms with Crippen LogP contribution in [-0.2, 0) is 4.79 Å². The molecule has 2 aliphatic rings. The van der Waals surface area contributed by atoms with Crippen molar-refractivity contribution in [2.24, 2.45) is 11.7 Å². The van der Waals surface area contributed by atoms with Gasteiger partial charge in [-0.25, -0.2) is 0 Å². The summed E-state index contributed by atoms with van der Waals surface area (Å²) in [5.41, 5.74) is 5.89. The van der Waals surface area contributed by atoms with E-state index in [1.165, 1.54) is 32.1 Å². The van der Waals surface area contributed by atoms with E-state index in [1.54, 1.807) is 0 Å². The van der Waals surface area contributed by atoms with Gasteiger partial charge in [0, 0.05) is 32.7 Å². The van der Waals surface area contributed by atoms with Gasteiger partial charge in [-0.3, -0.25) is 9.69 Å². The molecule has 5 heteroatoms. The molecule has 1 heterocycles. The molecule has 0 bridgehead atoms. The first-order valence-electron chi connectivity index (χ1n) is 7.87. The van der Waals surface area contributed by atoms with Crippen LogP contribution in [0.25, 0.3) is 0 Å². The van der Waals surface area contributed by atoms with Gasteiger partial charge in [-0.05, 0) is 31.6 Å². The molecule has 0 radical (unpaired) electrons. The van der Waals surface area contributed by atoms with Crippen LogP contribution in [-0.4, -0.2) is 55.0 Å². The van der Waals surface area contributed by atoms with Crippen molar-refractivity contribution in [2.45, 2.75) is 51.0 Å². The van der Waals surface area contributed by atoms with Crippen LogP contribution in [0.4, 0.5) is 0 Å². The van der Waals surface area contributed by atoms with Crippen molar-refractivity contribution in [1.29, 1.82) is 0 Å². The number of likely N-dealkylation sites (N-methyl/N-ethyl adjacent to an activating group) is 1. The summed E-state index contributed by atoms with van der Waals surface area (Å²) in [5.74, 6) is 1.01. The van der Waals surface area contributed by atoms with Crippen LogP contribution in [0, 0.1) is 5.92 Å². The van der Waals surface area contributed by atoms with Crippen molar-refractivity contribution < 1.29 is 4.79 Å². The number of hydrogen-bond acceptors (Lipinski definition) is 3. The third kappa shape index (κ3) is 5.58. The summed E-state index contributed by atoms with van der Waals surface area (Å²) < 4.78 is 0. The molecule has 1 aliphatic carbocycles. The first-order chi connectivity index (χ1) is 9.15. The number of nitrogens with zero attached hydrogens (tertiary/aromatic N) is 2. The molecule has 2 fully saturated rings. The lowest BCUT2D eigenvalue weighted by atomic mass is 9.89. The van der Waals surface area contributed by atoms with Gasteiger partial charge in [0.05, 0.1) is 6.54 Å². The highest BCUT2D eigenvalue weighted by Crippen LogP contribution is 2.24. The molecule has 1 amide bonds. The Morgan fingerprint density at radius 2 is 1.75 bits per heavy atom. The molecule has 2 rings (SSSR count). The number of amides is 1. The smallest absolute Gasteiger partial charge is 0.236 e. The summed E-state index contributed by atoms with van der Waals surface area (Å²) in [6.07, 6.45) is 8.72. The van der Waals surface area contributed by atoms with Crippen LogP contribution in [0.15, 0.2) is 0 Å². The van der Waals surface area contributed by atoms with Gasteiger partial charge < -0.3 is 10.6 Å². The van der Waals surface area contributed by atoms with Crippen LogP contribution in [0.1, 0.15) is 44.9 Å². The Hall–Kier alpha value is -0.320. The molecule has 0 atom stereocenters. The Bertz CT molecular complexity index is 287. The van der Waals surface area contributed by atoms with E-state index in [0.29, 0.717) is 12.6 Å². The van der Waals surface area contributed by atoms with Crippen molar-refractivity contribution in [3.63, 3.8) is 0 Å². The van der Waals surface area contributed by atoms with Crippen LogP contribution >= 0.6 is 12.4 Å². The summed E-state index contributed by atoms with van der Waals surface area (Å²) in [6.45, 7) is 3.48. The minimum absolute atomic E-state index is 0. The second-order valence-electron chi connectivity index (χ2n) is 6.39. The molecule has 0 aromatic rings. The normalized spacial score (nSPS) is 22.3. The Kier molecular flexibility index (Phi) is 7.85. The van der Waals surface area contributed by atoms with Crippen LogP contribution in [0.5, 0.6) is 0 Å². The lowest BCUT2D eigenvalue weighted by Crippen LogP contribution is -2.45. The minimum Gasteiger partial charge on any atom is -0.344 e. The number of halogens is 1. The average Bonchev–Trinajstić information content (AvgIpc) is 2.42. The molecule has 2 N–H and O–H groups in total.